The monoisotopic (exact) mass is 440 g/mol. The molecule has 0 aromatic heterocycles. The van der Waals surface area contributed by atoms with E-state index in [-0.39, 0.29) is 30.7 Å². The lowest BCUT2D eigenvalue weighted by Gasteiger charge is -2.36. The van der Waals surface area contributed by atoms with E-state index in [0.717, 1.165) is 11.1 Å². The van der Waals surface area contributed by atoms with Gasteiger partial charge in [-0.05, 0) is 24.0 Å². The average Bonchev–Trinajstić information content (AvgIpc) is 2.79. The molecule has 0 spiro atoms. The van der Waals surface area contributed by atoms with E-state index in [1.165, 1.54) is 0 Å². The highest BCUT2D eigenvalue weighted by Gasteiger charge is 2.27. The van der Waals surface area contributed by atoms with Gasteiger partial charge in [-0.1, -0.05) is 61.7 Å². The highest BCUT2D eigenvalue weighted by molar-refractivity contribution is 5.79. The van der Waals surface area contributed by atoms with Crippen molar-refractivity contribution in [3.8, 4) is 0 Å². The summed E-state index contributed by atoms with van der Waals surface area (Å²) in [5, 5.41) is 10.4. The number of benzene rings is 1. The van der Waals surface area contributed by atoms with Gasteiger partial charge < -0.3 is 26.4 Å². The van der Waals surface area contributed by atoms with Crippen molar-refractivity contribution in [1.82, 2.24) is 9.80 Å². The predicted molar refractivity (Wildman–Crippen MR) is 128 cm³/mol. The number of nitrogens with zero attached hydrogens (tertiary/aromatic N) is 2. The van der Waals surface area contributed by atoms with Crippen molar-refractivity contribution in [1.29, 1.82) is 0 Å². The fourth-order valence-electron chi connectivity index (χ4n) is 3.79. The van der Waals surface area contributed by atoms with E-state index in [4.69, 9.17) is 11.5 Å². The largest absolute Gasteiger partial charge is 0.391 e. The summed E-state index contributed by atoms with van der Waals surface area (Å²) < 4.78 is 0. The van der Waals surface area contributed by atoms with Crippen LogP contribution in [-0.4, -0.2) is 71.1 Å². The normalized spacial score (nSPS) is 17.4. The molecule has 1 saturated heterocycles. The number of rotatable bonds is 11. The number of hydrogen-bond donors (Lipinski definition) is 3. The average molecular weight is 441 g/mol. The Kier molecular flexibility index (Phi) is 10.3. The van der Waals surface area contributed by atoms with Gasteiger partial charge in [0.2, 0.25) is 11.8 Å². The molecule has 3 atom stereocenters. The van der Waals surface area contributed by atoms with Crippen molar-refractivity contribution in [2.24, 2.45) is 11.5 Å². The number of hydrogen-bond acceptors (Lipinski definition) is 5. The van der Waals surface area contributed by atoms with Gasteiger partial charge in [-0.2, -0.15) is 0 Å². The summed E-state index contributed by atoms with van der Waals surface area (Å²) in [4.78, 5) is 28.6. The zero-order valence-electron chi connectivity index (χ0n) is 18.7. The lowest BCUT2D eigenvalue weighted by Crippen LogP contribution is -2.52. The Morgan fingerprint density at radius 3 is 2.06 bits per heavy atom. The molecule has 0 saturated carbocycles. The standard InChI is InChI=1S/C25H36N4O3/c1-3-8-19(4-2)15-21(26)17-24(31)28-11-13-29(14-12-28)25(32)18-23(30)22(27)16-20-9-6-5-7-10-20/h3-10,21-23,30H,1-2,11-18,26-27H2/b19-8+. The third kappa shape index (κ3) is 8.07. The molecule has 1 fully saturated rings. The first-order chi connectivity index (χ1) is 15.3. The van der Waals surface area contributed by atoms with Gasteiger partial charge in [-0.15, -0.1) is 0 Å². The molecule has 1 aromatic carbocycles. The van der Waals surface area contributed by atoms with Crippen molar-refractivity contribution in [3.05, 3.63) is 72.9 Å². The minimum absolute atomic E-state index is 0.0171. The highest BCUT2D eigenvalue weighted by atomic mass is 16.3. The van der Waals surface area contributed by atoms with Crippen LogP contribution in [0.3, 0.4) is 0 Å². The van der Waals surface area contributed by atoms with Crippen molar-refractivity contribution >= 4 is 11.8 Å². The van der Waals surface area contributed by atoms with Gasteiger partial charge in [-0.3, -0.25) is 9.59 Å². The Hall–Kier alpha value is -2.74. The molecule has 32 heavy (non-hydrogen) atoms. The van der Waals surface area contributed by atoms with Gasteiger partial charge in [0.1, 0.15) is 0 Å². The third-order valence-corrected chi connectivity index (χ3v) is 5.71. The van der Waals surface area contributed by atoms with Crippen molar-refractivity contribution < 1.29 is 14.7 Å². The summed E-state index contributed by atoms with van der Waals surface area (Å²) in [7, 11) is 0. The van der Waals surface area contributed by atoms with Crippen molar-refractivity contribution in [2.75, 3.05) is 26.2 Å². The molecule has 7 heteroatoms. The maximum absolute atomic E-state index is 12.6. The first kappa shape index (κ1) is 25.5. The Morgan fingerprint density at radius 2 is 1.53 bits per heavy atom. The number of allylic oxidation sites excluding steroid dienone is 3. The van der Waals surface area contributed by atoms with E-state index < -0.39 is 12.1 Å². The van der Waals surface area contributed by atoms with Crippen molar-refractivity contribution in [3.63, 3.8) is 0 Å². The molecule has 5 N–H and O–H groups in total. The first-order valence-electron chi connectivity index (χ1n) is 11.1. The quantitative estimate of drug-likeness (QED) is 0.450. The van der Waals surface area contributed by atoms with E-state index in [2.05, 4.69) is 13.2 Å². The number of carbonyl (C=O) groups is 2. The second-order valence-electron chi connectivity index (χ2n) is 8.24. The minimum Gasteiger partial charge on any atom is -0.391 e. The number of amides is 2. The Bertz CT molecular complexity index is 801. The summed E-state index contributed by atoms with van der Waals surface area (Å²) in [6.07, 6.45) is 5.60. The molecule has 3 unspecified atom stereocenters. The maximum atomic E-state index is 12.6. The second kappa shape index (κ2) is 13.0. The molecular weight excluding hydrogens is 404 g/mol. The number of carbonyl (C=O) groups excluding carboxylic acids is 2. The van der Waals surface area contributed by atoms with Gasteiger partial charge in [0, 0.05) is 44.7 Å². The molecule has 1 aromatic rings. The van der Waals surface area contributed by atoms with E-state index in [1.807, 2.05) is 36.4 Å². The van der Waals surface area contributed by atoms with Crippen LogP contribution in [-0.2, 0) is 16.0 Å². The van der Waals surface area contributed by atoms with E-state index in [1.54, 1.807) is 22.0 Å². The smallest absolute Gasteiger partial charge is 0.225 e. The molecule has 0 radical (unpaired) electrons. The van der Waals surface area contributed by atoms with Crippen LogP contribution in [0.5, 0.6) is 0 Å². The molecule has 7 nitrogen and oxygen atoms in total. The summed E-state index contributed by atoms with van der Waals surface area (Å²) >= 11 is 0. The van der Waals surface area contributed by atoms with Crippen LogP contribution in [0.15, 0.2) is 67.3 Å². The van der Waals surface area contributed by atoms with Gasteiger partial charge in [0.15, 0.2) is 0 Å². The maximum Gasteiger partial charge on any atom is 0.225 e. The Morgan fingerprint density at radius 1 is 0.969 bits per heavy atom. The molecule has 2 amide bonds. The molecule has 0 bridgehead atoms. The van der Waals surface area contributed by atoms with Crippen LogP contribution in [0.4, 0.5) is 0 Å². The van der Waals surface area contributed by atoms with Crippen LogP contribution in [0.2, 0.25) is 0 Å². The molecule has 1 aliphatic rings. The molecule has 2 rings (SSSR count). The van der Waals surface area contributed by atoms with E-state index in [9.17, 15) is 14.7 Å². The topological polar surface area (TPSA) is 113 Å². The Balaban J connectivity index is 1.75. The summed E-state index contributed by atoms with van der Waals surface area (Å²) in [6.45, 7) is 9.21. The van der Waals surface area contributed by atoms with Crippen molar-refractivity contribution in [2.45, 2.75) is 43.9 Å². The molecule has 174 valence electrons. The Labute approximate surface area is 191 Å². The van der Waals surface area contributed by atoms with Crippen LogP contribution < -0.4 is 11.5 Å². The summed E-state index contributed by atoms with van der Waals surface area (Å²) in [5.41, 5.74) is 14.2. The minimum atomic E-state index is -0.914. The number of aliphatic hydroxyl groups excluding tert-OH is 1. The molecule has 1 heterocycles. The lowest BCUT2D eigenvalue weighted by molar-refractivity contribution is -0.141. The number of nitrogens with two attached hydrogens (primary N) is 2. The fourth-order valence-corrected chi connectivity index (χ4v) is 3.79. The van der Waals surface area contributed by atoms with Crippen LogP contribution in [0.25, 0.3) is 0 Å². The fraction of sp³-hybridized carbons (Fsp3) is 0.440. The zero-order chi connectivity index (χ0) is 23.5. The first-order valence-corrected chi connectivity index (χ1v) is 11.1. The van der Waals surface area contributed by atoms with Gasteiger partial charge >= 0.3 is 0 Å². The molecule has 0 aliphatic carbocycles. The van der Waals surface area contributed by atoms with Crippen LogP contribution in [0, 0.1) is 0 Å². The molecular formula is C25H36N4O3. The second-order valence-corrected chi connectivity index (χ2v) is 8.24. The van der Waals surface area contributed by atoms with Crippen LogP contribution in [0.1, 0.15) is 24.8 Å². The molecule has 1 aliphatic heterocycles. The predicted octanol–water partition coefficient (Wildman–Crippen LogP) is 1.38. The van der Waals surface area contributed by atoms with E-state index >= 15 is 0 Å². The van der Waals surface area contributed by atoms with E-state index in [0.29, 0.717) is 39.0 Å². The number of piperazine rings is 1. The summed E-state index contributed by atoms with van der Waals surface area (Å²) in [5.74, 6) is -0.161. The third-order valence-electron chi connectivity index (χ3n) is 5.71. The van der Waals surface area contributed by atoms with Gasteiger partial charge in [0.05, 0.1) is 12.5 Å². The van der Waals surface area contributed by atoms with Gasteiger partial charge in [0.25, 0.3) is 0 Å². The van der Waals surface area contributed by atoms with Crippen LogP contribution >= 0.6 is 0 Å². The SMILES string of the molecule is C=C/C=C(\C=C)CC(N)CC(=O)N1CCN(C(=O)CC(O)C(N)Cc2ccccc2)CC1. The number of aliphatic hydroxyl groups is 1. The lowest BCUT2D eigenvalue weighted by atomic mass is 9.99. The van der Waals surface area contributed by atoms with Gasteiger partial charge in [-0.25, -0.2) is 0 Å². The zero-order valence-corrected chi connectivity index (χ0v) is 18.7. The highest BCUT2D eigenvalue weighted by Crippen LogP contribution is 2.13. The summed E-state index contributed by atoms with van der Waals surface area (Å²) in [6, 6.07) is 8.85.